The van der Waals surface area contributed by atoms with E-state index < -0.39 is 0 Å². The van der Waals surface area contributed by atoms with Gasteiger partial charge in [-0.05, 0) is 32.6 Å². The van der Waals surface area contributed by atoms with Crippen molar-refractivity contribution in [3.8, 4) is 0 Å². The molecule has 1 atom stereocenters. The van der Waals surface area contributed by atoms with E-state index in [2.05, 4.69) is 5.32 Å². The predicted molar refractivity (Wildman–Crippen MR) is 62.5 cm³/mol. The first-order valence-corrected chi connectivity index (χ1v) is 6.42. The van der Waals surface area contributed by atoms with Crippen molar-refractivity contribution in [2.45, 2.75) is 38.6 Å². The summed E-state index contributed by atoms with van der Waals surface area (Å²) in [6.07, 6.45) is 3.87. The van der Waals surface area contributed by atoms with Crippen LogP contribution in [0.5, 0.6) is 0 Å². The second kappa shape index (κ2) is 5.38. The molecule has 5 nitrogen and oxygen atoms in total. The zero-order chi connectivity index (χ0) is 12.3. The number of esters is 1. The third-order valence-corrected chi connectivity index (χ3v) is 3.23. The molecule has 1 aliphatic carbocycles. The fourth-order valence-corrected chi connectivity index (χ4v) is 2.11. The predicted octanol–water partition coefficient (Wildman–Crippen LogP) is 1.13. The van der Waals surface area contributed by atoms with Gasteiger partial charge in [0.1, 0.15) is 0 Å². The Bertz CT molecular complexity index is 302. The van der Waals surface area contributed by atoms with E-state index in [0.717, 1.165) is 32.2 Å². The molecule has 0 aromatic carbocycles. The van der Waals surface area contributed by atoms with Crippen molar-refractivity contribution in [2.75, 3.05) is 19.7 Å². The van der Waals surface area contributed by atoms with E-state index >= 15 is 0 Å². The molecule has 96 valence electrons. The van der Waals surface area contributed by atoms with Crippen LogP contribution in [0.25, 0.3) is 0 Å². The van der Waals surface area contributed by atoms with Crippen LogP contribution in [0, 0.1) is 5.92 Å². The normalized spacial score (nSPS) is 24.3. The number of nitrogens with one attached hydrogen (secondary N) is 1. The summed E-state index contributed by atoms with van der Waals surface area (Å²) in [6, 6.07) is 0.340. The number of hydrogen-bond donors (Lipinski definition) is 1. The van der Waals surface area contributed by atoms with E-state index in [1.807, 2.05) is 0 Å². The third kappa shape index (κ3) is 3.35. The summed E-state index contributed by atoms with van der Waals surface area (Å²) in [5.74, 6) is -0.315. The van der Waals surface area contributed by atoms with Crippen LogP contribution >= 0.6 is 0 Å². The molecule has 0 bridgehead atoms. The molecule has 1 N–H and O–H groups in total. The Kier molecular flexibility index (Phi) is 3.86. The molecule has 17 heavy (non-hydrogen) atoms. The first kappa shape index (κ1) is 12.2. The first-order valence-electron chi connectivity index (χ1n) is 6.42. The molecule has 2 rings (SSSR count). The number of hydrogen-bond acceptors (Lipinski definition) is 3. The van der Waals surface area contributed by atoms with Gasteiger partial charge in [-0.15, -0.1) is 0 Å². The molecule has 1 aliphatic heterocycles. The fraction of sp³-hybridized carbons (Fsp3) is 0.833. The number of ether oxygens (including phenoxy) is 1. The lowest BCUT2D eigenvalue weighted by Crippen LogP contribution is -2.47. The Morgan fingerprint density at radius 3 is 2.76 bits per heavy atom. The third-order valence-electron chi connectivity index (χ3n) is 3.23. The maximum Gasteiger partial charge on any atom is 0.317 e. The van der Waals surface area contributed by atoms with Gasteiger partial charge in [0.2, 0.25) is 0 Å². The van der Waals surface area contributed by atoms with Crippen molar-refractivity contribution in [3.63, 3.8) is 0 Å². The smallest absolute Gasteiger partial charge is 0.317 e. The highest BCUT2D eigenvalue weighted by molar-refractivity contribution is 5.77. The maximum absolute atomic E-state index is 11.8. The van der Waals surface area contributed by atoms with Crippen LogP contribution < -0.4 is 5.32 Å². The summed E-state index contributed by atoms with van der Waals surface area (Å²) in [5, 5.41) is 2.95. The van der Waals surface area contributed by atoms with Gasteiger partial charge in [-0.2, -0.15) is 0 Å². The Morgan fingerprint density at radius 2 is 2.12 bits per heavy atom. The summed E-state index contributed by atoms with van der Waals surface area (Å²) in [5.41, 5.74) is 0. The second-order valence-corrected chi connectivity index (χ2v) is 4.76. The molecular formula is C12H20N2O3. The largest absolute Gasteiger partial charge is 0.466 e. The molecule has 2 fully saturated rings. The molecule has 0 unspecified atom stereocenters. The fourth-order valence-electron chi connectivity index (χ4n) is 2.11. The number of amides is 2. The maximum atomic E-state index is 11.8. The highest BCUT2D eigenvalue weighted by Gasteiger charge is 2.31. The van der Waals surface area contributed by atoms with Gasteiger partial charge in [0.15, 0.2) is 0 Å². The summed E-state index contributed by atoms with van der Waals surface area (Å²) in [7, 11) is 0. The minimum absolute atomic E-state index is 0.0264. The molecule has 1 saturated heterocycles. The van der Waals surface area contributed by atoms with Crippen LogP contribution in [0.3, 0.4) is 0 Å². The number of likely N-dealkylation sites (tertiary alicyclic amines) is 1. The molecule has 0 aromatic rings. The molecule has 1 heterocycles. The highest BCUT2D eigenvalue weighted by Crippen LogP contribution is 2.21. The van der Waals surface area contributed by atoms with E-state index in [1.165, 1.54) is 0 Å². The number of urea groups is 1. The van der Waals surface area contributed by atoms with Gasteiger partial charge in [0, 0.05) is 19.1 Å². The van der Waals surface area contributed by atoms with Gasteiger partial charge in [-0.1, -0.05) is 0 Å². The van der Waals surface area contributed by atoms with Crippen LogP contribution in [-0.2, 0) is 9.53 Å². The monoisotopic (exact) mass is 240 g/mol. The van der Waals surface area contributed by atoms with Crippen LogP contribution in [0.2, 0.25) is 0 Å². The average molecular weight is 240 g/mol. The Hall–Kier alpha value is -1.26. The average Bonchev–Trinajstić information content (AvgIpc) is 3.13. The van der Waals surface area contributed by atoms with Crippen molar-refractivity contribution < 1.29 is 14.3 Å². The van der Waals surface area contributed by atoms with Crippen LogP contribution in [0.15, 0.2) is 0 Å². The minimum atomic E-state index is -0.170. The number of nitrogens with zero attached hydrogens (tertiary/aromatic N) is 1. The second-order valence-electron chi connectivity index (χ2n) is 4.76. The van der Waals surface area contributed by atoms with Crippen molar-refractivity contribution in [1.82, 2.24) is 10.2 Å². The summed E-state index contributed by atoms with van der Waals surface area (Å²) < 4.78 is 5.01. The van der Waals surface area contributed by atoms with E-state index in [1.54, 1.807) is 11.8 Å². The molecule has 1 saturated carbocycles. The van der Waals surface area contributed by atoms with Crippen molar-refractivity contribution in [3.05, 3.63) is 0 Å². The van der Waals surface area contributed by atoms with Crippen LogP contribution in [0.4, 0.5) is 4.79 Å². The molecule has 2 amide bonds. The Labute approximate surface area is 101 Å². The summed E-state index contributed by atoms with van der Waals surface area (Å²) in [6.45, 7) is 3.45. The molecular weight excluding hydrogens is 220 g/mol. The SMILES string of the molecule is CCOC(=O)[C@@H]1CCCN(C(=O)NC2CC2)C1. The molecule has 0 radical (unpaired) electrons. The number of piperidine rings is 1. The van der Waals surface area contributed by atoms with Crippen LogP contribution in [0.1, 0.15) is 32.6 Å². The molecule has 5 heteroatoms. The van der Waals surface area contributed by atoms with Gasteiger partial charge in [-0.25, -0.2) is 4.79 Å². The Balaban J connectivity index is 1.82. The zero-order valence-electron chi connectivity index (χ0n) is 10.3. The molecule has 2 aliphatic rings. The van der Waals surface area contributed by atoms with E-state index in [4.69, 9.17) is 4.74 Å². The summed E-state index contributed by atoms with van der Waals surface area (Å²) in [4.78, 5) is 25.2. The standard InChI is InChI=1S/C12H20N2O3/c1-2-17-11(15)9-4-3-7-14(8-9)12(16)13-10-5-6-10/h9-10H,2-8H2,1H3,(H,13,16)/t9-/m1/s1. The molecule has 0 spiro atoms. The van der Waals surface area contributed by atoms with Crippen molar-refractivity contribution in [2.24, 2.45) is 5.92 Å². The zero-order valence-corrected chi connectivity index (χ0v) is 10.3. The van der Waals surface area contributed by atoms with Crippen molar-refractivity contribution in [1.29, 1.82) is 0 Å². The number of rotatable bonds is 3. The number of carbonyl (C=O) groups is 2. The van der Waals surface area contributed by atoms with Gasteiger partial charge in [0.25, 0.3) is 0 Å². The van der Waals surface area contributed by atoms with Crippen molar-refractivity contribution >= 4 is 12.0 Å². The number of carbonyl (C=O) groups excluding carboxylic acids is 2. The molecule has 0 aromatic heterocycles. The first-order chi connectivity index (χ1) is 8.20. The lowest BCUT2D eigenvalue weighted by Gasteiger charge is -2.31. The minimum Gasteiger partial charge on any atom is -0.466 e. The van der Waals surface area contributed by atoms with E-state index in [0.29, 0.717) is 19.2 Å². The topological polar surface area (TPSA) is 58.6 Å². The quantitative estimate of drug-likeness (QED) is 0.752. The van der Waals surface area contributed by atoms with Gasteiger partial charge in [0.05, 0.1) is 12.5 Å². The van der Waals surface area contributed by atoms with E-state index in [-0.39, 0.29) is 17.9 Å². The van der Waals surface area contributed by atoms with E-state index in [9.17, 15) is 9.59 Å². The van der Waals surface area contributed by atoms with Crippen LogP contribution in [-0.4, -0.2) is 42.6 Å². The van der Waals surface area contributed by atoms with Gasteiger partial charge in [-0.3, -0.25) is 4.79 Å². The highest BCUT2D eigenvalue weighted by atomic mass is 16.5. The lowest BCUT2D eigenvalue weighted by atomic mass is 9.98. The van der Waals surface area contributed by atoms with Gasteiger partial charge >= 0.3 is 12.0 Å². The summed E-state index contributed by atoms with van der Waals surface area (Å²) >= 11 is 0. The Morgan fingerprint density at radius 1 is 1.35 bits per heavy atom. The van der Waals surface area contributed by atoms with Gasteiger partial charge < -0.3 is 15.0 Å². The lowest BCUT2D eigenvalue weighted by molar-refractivity contribution is -0.149.